The normalized spacial score (nSPS) is 11.8. The number of H-pyrrole nitrogens is 1. The van der Waals surface area contributed by atoms with Crippen LogP contribution in [-0.4, -0.2) is 29.3 Å². The van der Waals surface area contributed by atoms with Crippen LogP contribution in [-0.2, 0) is 20.7 Å². The van der Waals surface area contributed by atoms with Crippen molar-refractivity contribution < 1.29 is 19.1 Å². The predicted octanol–water partition coefficient (Wildman–Crippen LogP) is 3.72. The minimum Gasteiger partial charge on any atom is -0.457 e. The number of ether oxygens (including phenoxy) is 1. The summed E-state index contributed by atoms with van der Waals surface area (Å²) in [6.07, 6.45) is 2.46. The lowest BCUT2D eigenvalue weighted by Gasteiger charge is -2.17. The van der Waals surface area contributed by atoms with E-state index in [1.54, 1.807) is 6.20 Å². The zero-order chi connectivity index (χ0) is 20.8. The van der Waals surface area contributed by atoms with Gasteiger partial charge in [-0.2, -0.15) is 0 Å². The number of hydrogen-bond acceptors (Lipinski definition) is 4. The van der Waals surface area contributed by atoms with Crippen LogP contribution < -0.4 is 5.32 Å². The summed E-state index contributed by atoms with van der Waals surface area (Å²) in [6, 6.07) is 14.5. The molecule has 0 radical (unpaired) electrons. The molecular formula is C23H24N2O4. The largest absolute Gasteiger partial charge is 0.457 e. The Bertz CT molecular complexity index is 1020. The van der Waals surface area contributed by atoms with Crippen molar-refractivity contribution >= 4 is 28.6 Å². The molecule has 6 nitrogen and oxygen atoms in total. The van der Waals surface area contributed by atoms with Gasteiger partial charge in [0, 0.05) is 29.6 Å². The highest BCUT2D eigenvalue weighted by Crippen LogP contribution is 2.23. The number of para-hydroxylation sites is 1. The number of amides is 1. The number of Topliss-reactive ketones (excluding diaryl/α,β-unsaturated/α-hetero) is 1. The number of fused-ring (bicyclic) bond motifs is 1. The Hall–Kier alpha value is -3.41. The number of benzene rings is 2. The van der Waals surface area contributed by atoms with Crippen LogP contribution in [0.1, 0.15) is 47.8 Å². The van der Waals surface area contributed by atoms with E-state index in [1.165, 1.54) is 6.92 Å². The van der Waals surface area contributed by atoms with Crippen LogP contribution in [0.5, 0.6) is 0 Å². The van der Waals surface area contributed by atoms with Gasteiger partial charge in [0.2, 0.25) is 11.7 Å². The average Bonchev–Trinajstić information content (AvgIpc) is 3.16. The maximum absolute atomic E-state index is 12.6. The molecule has 0 spiro atoms. The van der Waals surface area contributed by atoms with Gasteiger partial charge in [0.15, 0.2) is 6.61 Å². The van der Waals surface area contributed by atoms with Crippen LogP contribution in [0.15, 0.2) is 54.7 Å². The monoisotopic (exact) mass is 392 g/mol. The number of hydrogen-bond donors (Lipinski definition) is 2. The fraction of sp³-hybridized carbons (Fsp3) is 0.261. The van der Waals surface area contributed by atoms with Crippen molar-refractivity contribution in [3.63, 3.8) is 0 Å². The molecule has 0 aliphatic rings. The third-order valence-corrected chi connectivity index (χ3v) is 4.80. The summed E-state index contributed by atoms with van der Waals surface area (Å²) in [5, 5.41) is 3.57. The topological polar surface area (TPSA) is 88.3 Å². The summed E-state index contributed by atoms with van der Waals surface area (Å²) in [7, 11) is 0. The molecule has 6 heteroatoms. The van der Waals surface area contributed by atoms with Gasteiger partial charge in [-0.25, -0.2) is 0 Å². The minimum atomic E-state index is -0.546. The molecule has 1 aromatic heterocycles. The summed E-state index contributed by atoms with van der Waals surface area (Å²) < 4.78 is 5.21. The van der Waals surface area contributed by atoms with Crippen LogP contribution in [0.25, 0.3) is 10.9 Å². The second-order valence-corrected chi connectivity index (χ2v) is 6.85. The Morgan fingerprint density at radius 1 is 1.07 bits per heavy atom. The van der Waals surface area contributed by atoms with E-state index in [2.05, 4.69) is 17.2 Å². The molecule has 0 unspecified atom stereocenters. The van der Waals surface area contributed by atoms with E-state index in [9.17, 15) is 14.4 Å². The Labute approximate surface area is 169 Å². The molecule has 0 bridgehead atoms. The van der Waals surface area contributed by atoms with Crippen LogP contribution in [0.3, 0.4) is 0 Å². The molecule has 3 aromatic rings. The SMILES string of the molecule is CCc1cccc2c(C(=O)COC(=O)C[C@H](NC(C)=O)c3ccccc3)c[nH]c12. The standard InChI is InChI=1S/C23H24N2O4/c1-3-16-10-7-11-18-19(13-24-23(16)18)21(27)14-29-22(28)12-20(25-15(2)26)17-8-5-4-6-9-17/h4-11,13,20,24H,3,12,14H2,1-2H3,(H,25,26)/t20-/m0/s1. The molecule has 1 amide bonds. The highest BCUT2D eigenvalue weighted by Gasteiger charge is 2.20. The highest BCUT2D eigenvalue weighted by atomic mass is 16.5. The Kier molecular flexibility index (Phi) is 6.44. The van der Waals surface area contributed by atoms with Crippen molar-refractivity contribution in [1.82, 2.24) is 10.3 Å². The van der Waals surface area contributed by atoms with Gasteiger partial charge in [-0.15, -0.1) is 0 Å². The molecular weight excluding hydrogens is 368 g/mol. The van der Waals surface area contributed by atoms with E-state index in [-0.39, 0.29) is 24.7 Å². The van der Waals surface area contributed by atoms with Crippen molar-refractivity contribution in [1.29, 1.82) is 0 Å². The van der Waals surface area contributed by atoms with Gasteiger partial charge in [-0.3, -0.25) is 14.4 Å². The fourth-order valence-electron chi connectivity index (χ4n) is 3.37. The van der Waals surface area contributed by atoms with Crippen molar-refractivity contribution in [3.05, 3.63) is 71.4 Å². The number of carbonyl (C=O) groups is 3. The van der Waals surface area contributed by atoms with E-state index < -0.39 is 12.0 Å². The molecule has 2 N–H and O–H groups in total. The highest BCUT2D eigenvalue weighted by molar-refractivity contribution is 6.09. The quantitative estimate of drug-likeness (QED) is 0.452. The van der Waals surface area contributed by atoms with Gasteiger partial charge >= 0.3 is 5.97 Å². The van der Waals surface area contributed by atoms with Crippen LogP contribution in [0.4, 0.5) is 0 Å². The van der Waals surface area contributed by atoms with Gasteiger partial charge in [-0.1, -0.05) is 55.5 Å². The number of aryl methyl sites for hydroxylation is 1. The second kappa shape index (κ2) is 9.19. The van der Waals surface area contributed by atoms with E-state index in [4.69, 9.17) is 4.74 Å². The summed E-state index contributed by atoms with van der Waals surface area (Å²) in [5.74, 6) is -1.06. The first-order valence-corrected chi connectivity index (χ1v) is 9.59. The van der Waals surface area contributed by atoms with Gasteiger partial charge in [0.05, 0.1) is 12.5 Å². The first-order chi connectivity index (χ1) is 14.0. The van der Waals surface area contributed by atoms with E-state index in [0.717, 1.165) is 28.5 Å². The van der Waals surface area contributed by atoms with E-state index >= 15 is 0 Å². The number of aromatic amines is 1. The predicted molar refractivity (Wildman–Crippen MR) is 111 cm³/mol. The number of ketones is 1. The van der Waals surface area contributed by atoms with Crippen LogP contribution in [0.2, 0.25) is 0 Å². The number of nitrogens with one attached hydrogen (secondary N) is 2. The summed E-state index contributed by atoms with van der Waals surface area (Å²) >= 11 is 0. The maximum Gasteiger partial charge on any atom is 0.308 e. The van der Waals surface area contributed by atoms with E-state index in [1.807, 2.05) is 48.5 Å². The van der Waals surface area contributed by atoms with Gasteiger partial charge < -0.3 is 15.0 Å². The number of esters is 1. The third kappa shape index (κ3) is 4.90. The smallest absolute Gasteiger partial charge is 0.308 e. The molecule has 29 heavy (non-hydrogen) atoms. The van der Waals surface area contributed by atoms with Crippen molar-refractivity contribution in [2.45, 2.75) is 32.7 Å². The zero-order valence-corrected chi connectivity index (χ0v) is 16.5. The number of carbonyl (C=O) groups excluding carboxylic acids is 3. The minimum absolute atomic E-state index is 0.0509. The van der Waals surface area contributed by atoms with Crippen molar-refractivity contribution in [2.24, 2.45) is 0 Å². The van der Waals surface area contributed by atoms with Crippen LogP contribution in [0, 0.1) is 0 Å². The van der Waals surface area contributed by atoms with Crippen molar-refractivity contribution in [2.75, 3.05) is 6.61 Å². The number of aromatic nitrogens is 1. The Morgan fingerprint density at radius 3 is 2.52 bits per heavy atom. The molecule has 0 fully saturated rings. The number of rotatable bonds is 8. The molecule has 2 aromatic carbocycles. The molecule has 0 saturated heterocycles. The van der Waals surface area contributed by atoms with Crippen molar-refractivity contribution in [3.8, 4) is 0 Å². The van der Waals surface area contributed by atoms with Gasteiger partial charge in [0.1, 0.15) is 0 Å². The molecule has 0 aliphatic heterocycles. The zero-order valence-electron chi connectivity index (χ0n) is 16.5. The molecule has 0 aliphatic carbocycles. The third-order valence-electron chi connectivity index (χ3n) is 4.80. The lowest BCUT2D eigenvalue weighted by atomic mass is 10.0. The first kappa shape index (κ1) is 20.3. The maximum atomic E-state index is 12.6. The average molecular weight is 392 g/mol. The van der Waals surface area contributed by atoms with Gasteiger partial charge in [-0.05, 0) is 17.5 Å². The Balaban J connectivity index is 1.65. The molecule has 0 saturated carbocycles. The lowest BCUT2D eigenvalue weighted by molar-refractivity contribution is -0.143. The summed E-state index contributed by atoms with van der Waals surface area (Å²) in [6.45, 7) is 3.10. The first-order valence-electron chi connectivity index (χ1n) is 9.59. The molecule has 150 valence electrons. The summed E-state index contributed by atoms with van der Waals surface area (Å²) in [5.41, 5.74) is 3.36. The Morgan fingerprint density at radius 2 is 1.83 bits per heavy atom. The fourth-order valence-corrected chi connectivity index (χ4v) is 3.37. The van der Waals surface area contributed by atoms with Gasteiger partial charge in [0.25, 0.3) is 0 Å². The van der Waals surface area contributed by atoms with Crippen LogP contribution >= 0.6 is 0 Å². The lowest BCUT2D eigenvalue weighted by Crippen LogP contribution is -2.29. The molecule has 1 atom stereocenters. The summed E-state index contributed by atoms with van der Waals surface area (Å²) in [4.78, 5) is 39.5. The molecule has 1 heterocycles. The second-order valence-electron chi connectivity index (χ2n) is 6.85. The van der Waals surface area contributed by atoms with E-state index in [0.29, 0.717) is 5.56 Å². The molecule has 3 rings (SSSR count).